The number of epoxide rings is 1. The highest BCUT2D eigenvalue weighted by Gasteiger charge is 2.67. The Morgan fingerprint density at radius 2 is 1.76 bits per heavy atom. The smallest absolute Gasteiger partial charge is 0.206 e. The van der Waals surface area contributed by atoms with Crippen LogP contribution in [-0.2, 0) is 14.6 Å². The Kier molecular flexibility index (Phi) is 3.28. The molecule has 0 bridgehead atoms. The van der Waals surface area contributed by atoms with E-state index in [0.29, 0.717) is 11.5 Å². The predicted octanol–water partition coefficient (Wildman–Crippen LogP) is 3.53. The molecule has 2 heterocycles. The summed E-state index contributed by atoms with van der Waals surface area (Å²) in [7, 11) is -2.14. The molecule has 0 radical (unpaired) electrons. The van der Waals surface area contributed by atoms with Gasteiger partial charge in [0.2, 0.25) is 9.84 Å². The quantitative estimate of drug-likeness (QED) is 0.784. The van der Waals surface area contributed by atoms with Gasteiger partial charge in [-0.05, 0) is 57.2 Å². The summed E-state index contributed by atoms with van der Waals surface area (Å²) in [6.07, 6.45) is -0.147. The molecule has 0 aliphatic carbocycles. The van der Waals surface area contributed by atoms with E-state index in [1.54, 1.807) is 36.4 Å². The molecule has 2 aliphatic rings. The number of fused-ring (bicyclic) bond motifs is 3. The van der Waals surface area contributed by atoms with Gasteiger partial charge in [-0.1, -0.05) is 6.07 Å². The van der Waals surface area contributed by atoms with Crippen molar-refractivity contribution in [1.82, 2.24) is 0 Å². The van der Waals surface area contributed by atoms with E-state index in [-0.39, 0.29) is 15.9 Å². The minimum Gasteiger partial charge on any atom is -0.497 e. The molecule has 5 nitrogen and oxygen atoms in total. The zero-order valence-electron chi connectivity index (χ0n) is 14.6. The molecule has 0 amide bonds. The Balaban J connectivity index is 1.78. The van der Waals surface area contributed by atoms with Gasteiger partial charge in [-0.15, -0.1) is 0 Å². The molecule has 25 heavy (non-hydrogen) atoms. The van der Waals surface area contributed by atoms with Gasteiger partial charge in [-0.3, -0.25) is 0 Å². The summed E-state index contributed by atoms with van der Waals surface area (Å²) in [6.45, 7) is 5.96. The summed E-state index contributed by atoms with van der Waals surface area (Å²) in [5, 5.41) is 0. The molecule has 0 spiro atoms. The van der Waals surface area contributed by atoms with Crippen molar-refractivity contribution < 1.29 is 22.6 Å². The average molecular weight is 360 g/mol. The van der Waals surface area contributed by atoms with Gasteiger partial charge in [0.15, 0.2) is 0 Å². The van der Waals surface area contributed by atoms with Crippen molar-refractivity contribution in [3.63, 3.8) is 0 Å². The van der Waals surface area contributed by atoms with Gasteiger partial charge in [0, 0.05) is 5.56 Å². The molecule has 0 aromatic heterocycles. The van der Waals surface area contributed by atoms with Gasteiger partial charge < -0.3 is 14.2 Å². The second-order valence-electron chi connectivity index (χ2n) is 7.10. The lowest BCUT2D eigenvalue weighted by Gasteiger charge is -2.35. The van der Waals surface area contributed by atoms with Crippen molar-refractivity contribution in [1.29, 1.82) is 0 Å². The van der Waals surface area contributed by atoms with E-state index >= 15 is 0 Å². The van der Waals surface area contributed by atoms with Gasteiger partial charge in [0.1, 0.15) is 28.8 Å². The molecule has 0 saturated carbocycles. The summed E-state index contributed by atoms with van der Waals surface area (Å²) < 4.78 is 43.0. The van der Waals surface area contributed by atoms with Crippen LogP contribution >= 0.6 is 0 Å². The van der Waals surface area contributed by atoms with Gasteiger partial charge in [0.25, 0.3) is 0 Å². The number of benzene rings is 2. The molecular weight excluding hydrogens is 340 g/mol. The topological polar surface area (TPSA) is 65.1 Å². The third kappa shape index (κ3) is 2.28. The lowest BCUT2D eigenvalue weighted by atomic mass is 9.84. The monoisotopic (exact) mass is 360 g/mol. The first-order valence-electron chi connectivity index (χ1n) is 8.09. The molecule has 1 fully saturated rings. The first-order chi connectivity index (χ1) is 11.7. The van der Waals surface area contributed by atoms with Crippen LogP contribution in [0, 0.1) is 0 Å². The third-order valence-corrected chi connectivity index (χ3v) is 7.04. The Labute approximate surface area is 147 Å². The number of hydrogen-bond acceptors (Lipinski definition) is 5. The van der Waals surface area contributed by atoms with Gasteiger partial charge in [0.05, 0.1) is 16.9 Å². The number of methoxy groups -OCH3 is 1. The van der Waals surface area contributed by atoms with Crippen molar-refractivity contribution in [2.45, 2.75) is 47.9 Å². The minimum atomic E-state index is -3.65. The van der Waals surface area contributed by atoms with Gasteiger partial charge in [-0.25, -0.2) is 8.42 Å². The van der Waals surface area contributed by atoms with Crippen molar-refractivity contribution >= 4 is 9.84 Å². The summed E-state index contributed by atoms with van der Waals surface area (Å²) in [5.41, 5.74) is -0.110. The van der Waals surface area contributed by atoms with E-state index in [4.69, 9.17) is 14.2 Å². The normalized spacial score (nSPS) is 26.2. The fourth-order valence-corrected chi connectivity index (χ4v) is 4.63. The minimum absolute atomic E-state index is 0.147. The van der Waals surface area contributed by atoms with Crippen LogP contribution in [0.15, 0.2) is 52.3 Å². The van der Waals surface area contributed by atoms with Crippen LogP contribution in [-0.4, -0.2) is 26.7 Å². The first-order valence-corrected chi connectivity index (χ1v) is 9.57. The maximum atomic E-state index is 13.0. The zero-order chi connectivity index (χ0) is 18.0. The molecule has 4 rings (SSSR count). The lowest BCUT2D eigenvalue weighted by Crippen LogP contribution is -2.45. The summed E-state index contributed by atoms with van der Waals surface area (Å²) in [5.74, 6) is 1.18. The standard InChI is InChI=1S/C19H20O5S/c1-18(2)19(3)17(24-19)15-11-14(8-9-16(15)23-18)25(20,21)13-7-5-6-12(10-13)22-4/h5-11,17H,1-4H3/t17-,19-/m0/s1. The molecule has 0 unspecified atom stereocenters. The van der Waals surface area contributed by atoms with Crippen LogP contribution in [0.3, 0.4) is 0 Å². The Morgan fingerprint density at radius 1 is 1.04 bits per heavy atom. The number of ether oxygens (including phenoxy) is 3. The van der Waals surface area contributed by atoms with E-state index < -0.39 is 21.0 Å². The highest BCUT2D eigenvalue weighted by molar-refractivity contribution is 7.91. The molecule has 1 saturated heterocycles. The molecule has 6 heteroatoms. The third-order valence-electron chi connectivity index (χ3n) is 5.29. The van der Waals surface area contributed by atoms with Crippen LogP contribution in [0.25, 0.3) is 0 Å². The second-order valence-corrected chi connectivity index (χ2v) is 9.05. The number of hydrogen-bond donors (Lipinski definition) is 0. The van der Waals surface area contributed by atoms with E-state index in [0.717, 1.165) is 5.56 Å². The van der Waals surface area contributed by atoms with Crippen LogP contribution in [0.2, 0.25) is 0 Å². The van der Waals surface area contributed by atoms with Gasteiger partial charge >= 0.3 is 0 Å². The zero-order valence-corrected chi connectivity index (χ0v) is 15.4. The van der Waals surface area contributed by atoms with Crippen molar-refractivity contribution in [3.05, 3.63) is 48.0 Å². The van der Waals surface area contributed by atoms with Crippen molar-refractivity contribution in [3.8, 4) is 11.5 Å². The molecule has 2 aromatic rings. The maximum Gasteiger partial charge on any atom is 0.206 e. The predicted molar refractivity (Wildman–Crippen MR) is 91.8 cm³/mol. The van der Waals surface area contributed by atoms with Crippen molar-refractivity contribution in [2.24, 2.45) is 0 Å². The number of rotatable bonds is 3. The van der Waals surface area contributed by atoms with E-state index in [2.05, 4.69) is 0 Å². The van der Waals surface area contributed by atoms with Crippen LogP contribution in [0.4, 0.5) is 0 Å². The summed E-state index contributed by atoms with van der Waals surface area (Å²) in [4.78, 5) is 0.420. The van der Waals surface area contributed by atoms with E-state index in [9.17, 15) is 8.42 Å². The van der Waals surface area contributed by atoms with E-state index in [1.165, 1.54) is 13.2 Å². The number of sulfone groups is 1. The Hall–Kier alpha value is -2.05. The molecular formula is C19H20O5S. The Bertz CT molecular complexity index is 964. The largest absolute Gasteiger partial charge is 0.497 e. The van der Waals surface area contributed by atoms with E-state index in [1.807, 2.05) is 20.8 Å². The van der Waals surface area contributed by atoms with Crippen LogP contribution in [0.5, 0.6) is 11.5 Å². The molecule has 132 valence electrons. The molecule has 2 atom stereocenters. The molecule has 2 aliphatic heterocycles. The highest BCUT2D eigenvalue weighted by Crippen LogP contribution is 2.62. The SMILES string of the molecule is COc1cccc(S(=O)(=O)c2ccc3c(c2)[C@@H]2O[C@]2(C)C(C)(C)O3)c1. The lowest BCUT2D eigenvalue weighted by molar-refractivity contribution is 0.0241. The first kappa shape index (κ1) is 16.4. The summed E-state index contributed by atoms with van der Waals surface area (Å²) in [6, 6.07) is 11.4. The van der Waals surface area contributed by atoms with Crippen LogP contribution < -0.4 is 9.47 Å². The fourth-order valence-electron chi connectivity index (χ4n) is 3.30. The van der Waals surface area contributed by atoms with Gasteiger partial charge in [-0.2, -0.15) is 0 Å². The average Bonchev–Trinajstić information content (AvgIpc) is 3.29. The maximum absolute atomic E-state index is 13.0. The molecule has 0 N–H and O–H groups in total. The Morgan fingerprint density at radius 3 is 2.48 bits per heavy atom. The molecule has 2 aromatic carbocycles. The summed E-state index contributed by atoms with van der Waals surface area (Å²) >= 11 is 0. The fraction of sp³-hybridized carbons (Fsp3) is 0.368. The highest BCUT2D eigenvalue weighted by atomic mass is 32.2. The van der Waals surface area contributed by atoms with Crippen LogP contribution in [0.1, 0.15) is 32.4 Å². The van der Waals surface area contributed by atoms with Crippen molar-refractivity contribution in [2.75, 3.05) is 7.11 Å². The second kappa shape index (κ2) is 4.99.